The number of aromatic nitrogens is 5. The minimum absolute atomic E-state index is 0.0825. The molecule has 1 saturated heterocycles. The molecular formula is C15H14N6O. The van der Waals surface area contributed by atoms with Crippen LogP contribution in [0.25, 0.3) is 11.0 Å². The van der Waals surface area contributed by atoms with E-state index in [0.29, 0.717) is 18.8 Å². The van der Waals surface area contributed by atoms with Gasteiger partial charge in [-0.2, -0.15) is 0 Å². The van der Waals surface area contributed by atoms with Gasteiger partial charge in [0.2, 0.25) is 0 Å². The fourth-order valence-electron chi connectivity index (χ4n) is 2.78. The van der Waals surface area contributed by atoms with E-state index in [1.54, 1.807) is 22.0 Å². The molecule has 1 amide bonds. The molecule has 0 unspecified atom stereocenters. The van der Waals surface area contributed by atoms with Crippen LogP contribution >= 0.6 is 0 Å². The van der Waals surface area contributed by atoms with Crippen molar-refractivity contribution in [2.75, 3.05) is 13.1 Å². The lowest BCUT2D eigenvalue weighted by Gasteiger charge is -2.16. The van der Waals surface area contributed by atoms with Gasteiger partial charge in [-0.3, -0.25) is 9.78 Å². The van der Waals surface area contributed by atoms with Crippen molar-refractivity contribution in [3.8, 4) is 0 Å². The van der Waals surface area contributed by atoms with Gasteiger partial charge >= 0.3 is 0 Å². The summed E-state index contributed by atoms with van der Waals surface area (Å²) < 4.78 is 1.80. The van der Waals surface area contributed by atoms with E-state index in [9.17, 15) is 4.79 Å². The Hall–Kier alpha value is -2.83. The molecule has 1 fully saturated rings. The van der Waals surface area contributed by atoms with Crippen molar-refractivity contribution >= 4 is 16.9 Å². The number of carbonyl (C=O) groups excluding carboxylic acids is 1. The molecule has 0 N–H and O–H groups in total. The van der Waals surface area contributed by atoms with E-state index in [4.69, 9.17) is 0 Å². The van der Waals surface area contributed by atoms with Gasteiger partial charge in [-0.05, 0) is 18.6 Å². The molecule has 1 aliphatic rings. The number of hydrogen-bond donors (Lipinski definition) is 0. The summed E-state index contributed by atoms with van der Waals surface area (Å²) in [6.45, 7) is 1.31. The molecule has 22 heavy (non-hydrogen) atoms. The molecule has 3 aromatic rings. The number of fused-ring (bicyclic) bond motifs is 1. The lowest BCUT2D eigenvalue weighted by molar-refractivity contribution is 0.0781. The van der Waals surface area contributed by atoms with Crippen molar-refractivity contribution in [1.29, 1.82) is 0 Å². The highest BCUT2D eigenvalue weighted by atomic mass is 16.2. The van der Waals surface area contributed by atoms with Crippen LogP contribution in [0.2, 0.25) is 0 Å². The number of hydrogen-bond acceptors (Lipinski definition) is 5. The second kappa shape index (κ2) is 5.18. The molecule has 1 aliphatic heterocycles. The van der Waals surface area contributed by atoms with Gasteiger partial charge in [0, 0.05) is 19.3 Å². The summed E-state index contributed by atoms with van der Waals surface area (Å²) in [5.74, 6) is -0.0825. The van der Waals surface area contributed by atoms with Crippen LogP contribution in [0.4, 0.5) is 0 Å². The average Bonchev–Trinajstić information content (AvgIpc) is 3.24. The van der Waals surface area contributed by atoms with E-state index in [-0.39, 0.29) is 11.9 Å². The first-order chi connectivity index (χ1) is 10.8. The third-order valence-corrected chi connectivity index (χ3v) is 3.93. The van der Waals surface area contributed by atoms with Crippen molar-refractivity contribution in [3.05, 3.63) is 48.5 Å². The highest BCUT2D eigenvalue weighted by Crippen LogP contribution is 2.22. The first kappa shape index (κ1) is 12.9. The molecule has 0 bridgehead atoms. The van der Waals surface area contributed by atoms with Crippen LogP contribution < -0.4 is 0 Å². The second-order valence-electron chi connectivity index (χ2n) is 5.32. The Bertz CT molecular complexity index is 816. The van der Waals surface area contributed by atoms with E-state index in [1.165, 1.54) is 0 Å². The lowest BCUT2D eigenvalue weighted by Crippen LogP contribution is -2.30. The van der Waals surface area contributed by atoms with Crippen LogP contribution in [0.1, 0.15) is 23.0 Å². The first-order valence-corrected chi connectivity index (χ1v) is 7.18. The molecule has 4 rings (SSSR count). The average molecular weight is 294 g/mol. The molecule has 0 spiro atoms. The maximum Gasteiger partial charge on any atom is 0.274 e. The topological polar surface area (TPSA) is 76.8 Å². The smallest absolute Gasteiger partial charge is 0.274 e. The highest BCUT2D eigenvalue weighted by Gasteiger charge is 2.29. The summed E-state index contributed by atoms with van der Waals surface area (Å²) in [6, 6.07) is 7.72. The van der Waals surface area contributed by atoms with Gasteiger partial charge < -0.3 is 4.90 Å². The van der Waals surface area contributed by atoms with Gasteiger partial charge in [-0.15, -0.1) is 5.10 Å². The molecule has 7 heteroatoms. The van der Waals surface area contributed by atoms with Crippen LogP contribution in [0.5, 0.6) is 0 Å². The zero-order chi connectivity index (χ0) is 14.9. The maximum atomic E-state index is 12.6. The first-order valence-electron chi connectivity index (χ1n) is 7.18. The van der Waals surface area contributed by atoms with E-state index in [1.807, 2.05) is 30.5 Å². The summed E-state index contributed by atoms with van der Waals surface area (Å²) in [5.41, 5.74) is 1.92. The SMILES string of the molecule is O=C(c1cnc2ccccc2n1)N1CC[C@@H](n2ccnn2)C1. The lowest BCUT2D eigenvalue weighted by atomic mass is 10.3. The van der Waals surface area contributed by atoms with E-state index in [0.717, 1.165) is 17.5 Å². The number of carbonyl (C=O) groups is 1. The van der Waals surface area contributed by atoms with Crippen molar-refractivity contribution in [1.82, 2.24) is 29.9 Å². The third-order valence-electron chi connectivity index (χ3n) is 3.93. The van der Waals surface area contributed by atoms with Gasteiger partial charge in [0.1, 0.15) is 5.69 Å². The second-order valence-corrected chi connectivity index (χ2v) is 5.32. The molecule has 110 valence electrons. The fourth-order valence-corrected chi connectivity index (χ4v) is 2.78. The fraction of sp³-hybridized carbons (Fsp3) is 0.267. The normalized spacial score (nSPS) is 18.0. The predicted octanol–water partition coefficient (Wildman–Crippen LogP) is 1.31. The van der Waals surface area contributed by atoms with Crippen LogP contribution in [-0.2, 0) is 0 Å². The Kier molecular flexibility index (Phi) is 3.03. The Morgan fingerprint density at radius 1 is 1.23 bits per heavy atom. The predicted molar refractivity (Wildman–Crippen MR) is 79.1 cm³/mol. The molecule has 0 aliphatic carbocycles. The Labute approximate surface area is 126 Å². The quantitative estimate of drug-likeness (QED) is 0.712. The van der Waals surface area contributed by atoms with E-state index >= 15 is 0 Å². The van der Waals surface area contributed by atoms with Gasteiger partial charge in [-0.1, -0.05) is 17.3 Å². The van der Waals surface area contributed by atoms with Crippen LogP contribution in [-0.4, -0.2) is 48.9 Å². The third kappa shape index (κ3) is 2.20. The summed E-state index contributed by atoms with van der Waals surface area (Å²) in [4.78, 5) is 23.1. The number of nitrogens with zero attached hydrogens (tertiary/aromatic N) is 6. The van der Waals surface area contributed by atoms with Crippen molar-refractivity contribution in [3.63, 3.8) is 0 Å². The van der Waals surface area contributed by atoms with Gasteiger partial charge in [0.15, 0.2) is 0 Å². The summed E-state index contributed by atoms with van der Waals surface area (Å²) in [5, 5.41) is 7.82. The van der Waals surface area contributed by atoms with Crippen LogP contribution in [0, 0.1) is 0 Å². The zero-order valence-electron chi connectivity index (χ0n) is 11.8. The molecule has 0 radical (unpaired) electrons. The van der Waals surface area contributed by atoms with Gasteiger partial charge in [0.25, 0.3) is 5.91 Å². The maximum absolute atomic E-state index is 12.6. The number of benzene rings is 1. The largest absolute Gasteiger partial charge is 0.335 e. The monoisotopic (exact) mass is 294 g/mol. The summed E-state index contributed by atoms with van der Waals surface area (Å²) >= 11 is 0. The van der Waals surface area contributed by atoms with Crippen LogP contribution in [0.3, 0.4) is 0 Å². The Morgan fingerprint density at radius 2 is 2.09 bits per heavy atom. The number of amides is 1. The van der Waals surface area contributed by atoms with E-state index < -0.39 is 0 Å². The molecule has 3 heterocycles. The zero-order valence-corrected chi connectivity index (χ0v) is 11.8. The van der Waals surface area contributed by atoms with Crippen molar-refractivity contribution < 1.29 is 4.79 Å². The molecule has 0 saturated carbocycles. The van der Waals surface area contributed by atoms with Crippen molar-refractivity contribution in [2.45, 2.75) is 12.5 Å². The molecule has 7 nitrogen and oxygen atoms in total. The standard InChI is InChI=1S/C15H14N6O/c22-15(14-9-16-12-3-1-2-4-13(12)18-14)20-7-5-11(10-20)21-8-6-17-19-21/h1-4,6,8-9,11H,5,7,10H2/t11-/m1/s1. The minimum Gasteiger partial charge on any atom is -0.335 e. The van der Waals surface area contributed by atoms with E-state index in [2.05, 4.69) is 20.3 Å². The number of rotatable bonds is 2. The van der Waals surface area contributed by atoms with Crippen LogP contribution in [0.15, 0.2) is 42.9 Å². The Balaban J connectivity index is 1.56. The molecule has 1 atom stereocenters. The molecule has 1 aromatic carbocycles. The molecular weight excluding hydrogens is 280 g/mol. The highest BCUT2D eigenvalue weighted by molar-refractivity contribution is 5.94. The molecule has 2 aromatic heterocycles. The number of likely N-dealkylation sites (tertiary alicyclic amines) is 1. The number of para-hydroxylation sites is 2. The minimum atomic E-state index is -0.0825. The summed E-state index contributed by atoms with van der Waals surface area (Å²) in [6.07, 6.45) is 5.90. The van der Waals surface area contributed by atoms with Gasteiger partial charge in [0.05, 0.1) is 29.5 Å². The van der Waals surface area contributed by atoms with Gasteiger partial charge in [-0.25, -0.2) is 9.67 Å². The van der Waals surface area contributed by atoms with Crippen molar-refractivity contribution in [2.24, 2.45) is 0 Å². The summed E-state index contributed by atoms with van der Waals surface area (Å²) in [7, 11) is 0. The Morgan fingerprint density at radius 3 is 2.91 bits per heavy atom.